The standard InChI is InChI=1S/C8H16N2O4/c1-8(2,3)14-7(12)10(13)6(11)4-5-9/h13H,4-5,9H2,1-3H3. The van der Waals surface area contributed by atoms with Crippen molar-refractivity contribution in [2.75, 3.05) is 6.54 Å². The first-order valence-corrected chi connectivity index (χ1v) is 4.23. The van der Waals surface area contributed by atoms with E-state index in [0.29, 0.717) is 0 Å². The van der Waals surface area contributed by atoms with Crippen LogP contribution in [-0.4, -0.2) is 34.4 Å². The summed E-state index contributed by atoms with van der Waals surface area (Å²) >= 11 is 0. The molecule has 0 heterocycles. The third-order valence-corrected chi connectivity index (χ3v) is 1.16. The molecule has 2 amide bonds. The van der Waals surface area contributed by atoms with Gasteiger partial charge in [-0.2, -0.15) is 0 Å². The van der Waals surface area contributed by atoms with Crippen molar-refractivity contribution in [1.29, 1.82) is 0 Å². The predicted octanol–water partition coefficient (Wildman–Crippen LogP) is 0.488. The molecule has 14 heavy (non-hydrogen) atoms. The number of carbonyl (C=O) groups is 2. The van der Waals surface area contributed by atoms with Crippen molar-refractivity contribution in [3.63, 3.8) is 0 Å². The van der Waals surface area contributed by atoms with Crippen molar-refractivity contribution in [1.82, 2.24) is 5.06 Å². The zero-order valence-corrected chi connectivity index (χ0v) is 8.61. The molecule has 82 valence electrons. The van der Waals surface area contributed by atoms with Gasteiger partial charge in [-0.05, 0) is 20.8 Å². The van der Waals surface area contributed by atoms with Crippen LogP contribution in [0, 0.1) is 0 Å². The van der Waals surface area contributed by atoms with Crippen molar-refractivity contribution in [2.24, 2.45) is 5.73 Å². The first kappa shape index (κ1) is 12.9. The number of nitrogens with two attached hydrogens (primary N) is 1. The minimum atomic E-state index is -1.09. The van der Waals surface area contributed by atoms with Crippen LogP contribution in [0.25, 0.3) is 0 Å². The van der Waals surface area contributed by atoms with E-state index in [1.54, 1.807) is 20.8 Å². The lowest BCUT2D eigenvalue weighted by molar-refractivity contribution is -0.160. The second-order valence-corrected chi connectivity index (χ2v) is 3.72. The summed E-state index contributed by atoms with van der Waals surface area (Å²) in [5.41, 5.74) is 4.33. The number of hydrogen-bond acceptors (Lipinski definition) is 5. The highest BCUT2D eigenvalue weighted by molar-refractivity contribution is 5.90. The number of rotatable bonds is 2. The van der Waals surface area contributed by atoms with Gasteiger partial charge >= 0.3 is 6.09 Å². The van der Waals surface area contributed by atoms with Crippen LogP contribution in [0.2, 0.25) is 0 Å². The predicted molar refractivity (Wildman–Crippen MR) is 48.5 cm³/mol. The minimum Gasteiger partial charge on any atom is -0.442 e. The summed E-state index contributed by atoms with van der Waals surface area (Å²) in [6.07, 6.45) is -1.19. The molecule has 0 aliphatic rings. The maximum atomic E-state index is 11.1. The number of nitrogens with zero attached hydrogens (tertiary/aromatic N) is 1. The molecule has 0 aliphatic carbocycles. The highest BCUT2D eigenvalue weighted by Crippen LogP contribution is 2.09. The summed E-state index contributed by atoms with van der Waals surface area (Å²) in [5, 5.41) is 8.98. The summed E-state index contributed by atoms with van der Waals surface area (Å²) < 4.78 is 4.74. The number of hydroxylamine groups is 2. The van der Waals surface area contributed by atoms with Crippen LogP contribution in [-0.2, 0) is 9.53 Å². The van der Waals surface area contributed by atoms with Crippen molar-refractivity contribution in [2.45, 2.75) is 32.8 Å². The van der Waals surface area contributed by atoms with Crippen molar-refractivity contribution >= 4 is 12.0 Å². The molecule has 6 nitrogen and oxygen atoms in total. The Kier molecular flexibility index (Phi) is 4.52. The molecule has 0 unspecified atom stereocenters. The molecule has 0 atom stereocenters. The van der Waals surface area contributed by atoms with Crippen LogP contribution < -0.4 is 5.73 Å². The first-order chi connectivity index (χ1) is 6.28. The second kappa shape index (κ2) is 4.92. The van der Waals surface area contributed by atoms with Gasteiger partial charge < -0.3 is 10.5 Å². The van der Waals surface area contributed by atoms with Gasteiger partial charge in [0.2, 0.25) is 0 Å². The van der Waals surface area contributed by atoms with E-state index in [9.17, 15) is 9.59 Å². The van der Waals surface area contributed by atoms with E-state index < -0.39 is 17.6 Å². The number of amides is 2. The van der Waals surface area contributed by atoms with E-state index in [0.717, 1.165) is 0 Å². The van der Waals surface area contributed by atoms with Crippen molar-refractivity contribution in [3.05, 3.63) is 0 Å². The van der Waals surface area contributed by atoms with E-state index in [-0.39, 0.29) is 18.0 Å². The average molecular weight is 204 g/mol. The Hall–Kier alpha value is -1.14. The molecule has 0 fully saturated rings. The van der Waals surface area contributed by atoms with Crippen LogP contribution >= 0.6 is 0 Å². The molecule has 0 bridgehead atoms. The Morgan fingerprint density at radius 1 is 1.43 bits per heavy atom. The average Bonchev–Trinajstić information content (AvgIpc) is 2.00. The fourth-order valence-corrected chi connectivity index (χ4v) is 0.636. The Morgan fingerprint density at radius 3 is 2.29 bits per heavy atom. The van der Waals surface area contributed by atoms with Gasteiger partial charge in [0.25, 0.3) is 5.91 Å². The highest BCUT2D eigenvalue weighted by atomic mass is 16.6. The molecule has 0 saturated carbocycles. The van der Waals surface area contributed by atoms with Gasteiger partial charge in [0.1, 0.15) is 5.60 Å². The molecule has 0 aromatic carbocycles. The number of imide groups is 1. The SMILES string of the molecule is CC(C)(C)OC(=O)N(O)C(=O)CCN. The molecule has 3 N–H and O–H groups in total. The lowest BCUT2D eigenvalue weighted by atomic mass is 10.2. The summed E-state index contributed by atoms with van der Waals surface area (Å²) in [4.78, 5) is 22.0. The molecule has 0 spiro atoms. The molecule has 0 rings (SSSR count). The largest absolute Gasteiger partial charge is 0.442 e. The van der Waals surface area contributed by atoms with E-state index in [4.69, 9.17) is 15.7 Å². The van der Waals surface area contributed by atoms with Crippen LogP contribution in [0.15, 0.2) is 0 Å². The quantitative estimate of drug-likeness (QED) is 0.504. The zero-order valence-electron chi connectivity index (χ0n) is 8.61. The fraction of sp³-hybridized carbons (Fsp3) is 0.750. The summed E-state index contributed by atoms with van der Waals surface area (Å²) in [7, 11) is 0. The van der Waals surface area contributed by atoms with Gasteiger partial charge in [0.15, 0.2) is 0 Å². The maximum Gasteiger partial charge on any atom is 0.441 e. The van der Waals surface area contributed by atoms with Crippen LogP contribution in [0.5, 0.6) is 0 Å². The van der Waals surface area contributed by atoms with Gasteiger partial charge in [-0.1, -0.05) is 0 Å². The van der Waals surface area contributed by atoms with E-state index in [2.05, 4.69) is 0 Å². The third-order valence-electron chi connectivity index (χ3n) is 1.16. The Balaban J connectivity index is 4.19. The Bertz CT molecular complexity index is 222. The smallest absolute Gasteiger partial charge is 0.441 e. The third kappa shape index (κ3) is 4.78. The number of hydrogen-bond donors (Lipinski definition) is 2. The van der Waals surface area contributed by atoms with Gasteiger partial charge in [-0.15, -0.1) is 5.06 Å². The molecule has 6 heteroatoms. The van der Waals surface area contributed by atoms with Crippen molar-refractivity contribution < 1.29 is 19.5 Å². The molecule has 0 aromatic rings. The maximum absolute atomic E-state index is 11.1. The topological polar surface area (TPSA) is 92.9 Å². The fourth-order valence-electron chi connectivity index (χ4n) is 0.636. The minimum absolute atomic E-state index is 0.0574. The Morgan fingerprint density at radius 2 is 1.93 bits per heavy atom. The monoisotopic (exact) mass is 204 g/mol. The highest BCUT2D eigenvalue weighted by Gasteiger charge is 2.25. The lowest BCUT2D eigenvalue weighted by Crippen LogP contribution is -2.39. The molecule has 0 saturated heterocycles. The molecule has 0 aliphatic heterocycles. The van der Waals surface area contributed by atoms with Crippen molar-refractivity contribution in [3.8, 4) is 0 Å². The normalized spacial score (nSPS) is 10.9. The first-order valence-electron chi connectivity index (χ1n) is 4.23. The zero-order chi connectivity index (χ0) is 11.4. The van der Waals surface area contributed by atoms with E-state index >= 15 is 0 Å². The van der Waals surface area contributed by atoms with Gasteiger partial charge in [0, 0.05) is 13.0 Å². The Labute approximate surface area is 82.6 Å². The van der Waals surface area contributed by atoms with Gasteiger partial charge in [-0.3, -0.25) is 10.0 Å². The van der Waals surface area contributed by atoms with Crippen LogP contribution in [0.1, 0.15) is 27.2 Å². The molecular formula is C8H16N2O4. The summed E-state index contributed by atoms with van der Waals surface area (Å²) in [5.74, 6) is -0.776. The number of carbonyl (C=O) groups excluding carboxylic acids is 2. The van der Waals surface area contributed by atoms with E-state index in [1.807, 2.05) is 0 Å². The number of ether oxygens (including phenoxy) is 1. The van der Waals surface area contributed by atoms with Crippen LogP contribution in [0.3, 0.4) is 0 Å². The molecular weight excluding hydrogens is 188 g/mol. The molecule has 0 aromatic heterocycles. The van der Waals surface area contributed by atoms with Crippen LogP contribution in [0.4, 0.5) is 4.79 Å². The van der Waals surface area contributed by atoms with Gasteiger partial charge in [0.05, 0.1) is 0 Å². The molecule has 0 radical (unpaired) electrons. The van der Waals surface area contributed by atoms with E-state index in [1.165, 1.54) is 0 Å². The lowest BCUT2D eigenvalue weighted by Gasteiger charge is -2.22. The second-order valence-electron chi connectivity index (χ2n) is 3.72. The summed E-state index contributed by atoms with van der Waals surface area (Å²) in [6, 6.07) is 0. The summed E-state index contributed by atoms with van der Waals surface area (Å²) in [6.45, 7) is 4.96. The van der Waals surface area contributed by atoms with Gasteiger partial charge in [-0.25, -0.2) is 4.79 Å².